The molecule has 0 bridgehead atoms. The number of hydrogen-bond acceptors (Lipinski definition) is 5. The van der Waals surface area contributed by atoms with Crippen LogP contribution in [0, 0.1) is 0 Å². The number of imidazole rings is 1. The number of nitrogens with zero attached hydrogens (tertiary/aromatic N) is 2. The smallest absolute Gasteiger partial charge is 0.306 e. The second kappa shape index (κ2) is 10.9. The number of amides is 1. The lowest BCUT2D eigenvalue weighted by molar-refractivity contribution is -0.143. The summed E-state index contributed by atoms with van der Waals surface area (Å²) in [4.78, 5) is 29.4. The number of esters is 1. The van der Waals surface area contributed by atoms with Crippen LogP contribution in [0.25, 0.3) is 22.7 Å². The molecule has 3 aromatic carbocycles. The normalized spacial score (nSPS) is 13.6. The molecule has 1 aliphatic rings. The molecule has 0 saturated carbocycles. The first-order valence-electron chi connectivity index (χ1n) is 12.4. The van der Waals surface area contributed by atoms with Gasteiger partial charge in [0.05, 0.1) is 23.6 Å². The Balaban J connectivity index is 1.50. The van der Waals surface area contributed by atoms with Gasteiger partial charge in [0.1, 0.15) is 5.82 Å². The lowest BCUT2D eigenvalue weighted by Gasteiger charge is -2.16. The number of nitrogens with one attached hydrogen (secondary N) is 2. The molecular weight excluding hydrogens is 500 g/mol. The summed E-state index contributed by atoms with van der Waals surface area (Å²) in [5.74, 6) is 0.447. The quantitative estimate of drug-likeness (QED) is 0.212. The van der Waals surface area contributed by atoms with Crippen molar-refractivity contribution in [2.24, 2.45) is 7.05 Å². The molecule has 0 radical (unpaired) electrons. The summed E-state index contributed by atoms with van der Waals surface area (Å²) in [6.07, 6.45) is 4.57. The van der Waals surface area contributed by atoms with E-state index in [1.165, 1.54) is 0 Å². The van der Waals surface area contributed by atoms with Crippen molar-refractivity contribution in [1.29, 1.82) is 0 Å². The highest BCUT2D eigenvalue weighted by Crippen LogP contribution is 2.39. The zero-order valence-electron chi connectivity index (χ0n) is 21.1. The first kappa shape index (κ1) is 25.3. The predicted molar refractivity (Wildman–Crippen MR) is 151 cm³/mol. The number of carbonyl (C=O) groups is 2. The molecule has 0 saturated heterocycles. The zero-order chi connectivity index (χ0) is 26.6. The van der Waals surface area contributed by atoms with Crippen LogP contribution in [-0.2, 0) is 27.8 Å². The summed E-state index contributed by atoms with van der Waals surface area (Å²) >= 11 is 6.18. The molecular formula is C30H27ClN4O3. The van der Waals surface area contributed by atoms with Crippen LogP contribution in [-0.4, -0.2) is 28.0 Å². The van der Waals surface area contributed by atoms with Crippen LogP contribution in [0.1, 0.15) is 30.0 Å². The first-order valence-corrected chi connectivity index (χ1v) is 12.8. The molecule has 0 atom stereocenters. The molecule has 1 amide bonds. The number of hydrogen-bond donors (Lipinski definition) is 2. The second-order valence-electron chi connectivity index (χ2n) is 8.96. The summed E-state index contributed by atoms with van der Waals surface area (Å²) in [5.41, 5.74) is 6.31. The van der Waals surface area contributed by atoms with Gasteiger partial charge >= 0.3 is 5.97 Å². The van der Waals surface area contributed by atoms with Gasteiger partial charge in [-0.1, -0.05) is 41.9 Å². The minimum atomic E-state index is -0.215. The Bertz CT molecular complexity index is 1520. The van der Waals surface area contributed by atoms with Crippen molar-refractivity contribution in [2.45, 2.75) is 19.8 Å². The molecule has 4 aromatic rings. The minimum absolute atomic E-state index is 0.208. The topological polar surface area (TPSA) is 85.2 Å². The van der Waals surface area contributed by atoms with Crippen molar-refractivity contribution in [3.05, 3.63) is 101 Å². The SMILES string of the molecule is CCOC(=O)CCc1ccc(C(Nc2ccc(-c3nccn3C)cc2)=C2C(=O)Nc3cc(Cl)ccc32)cc1. The molecule has 0 spiro atoms. The number of carbonyl (C=O) groups excluding carboxylic acids is 2. The number of rotatable bonds is 8. The third-order valence-electron chi connectivity index (χ3n) is 6.38. The van der Waals surface area contributed by atoms with Crippen LogP contribution < -0.4 is 10.6 Å². The van der Waals surface area contributed by atoms with E-state index < -0.39 is 0 Å². The fraction of sp³-hybridized carbons (Fsp3) is 0.167. The Morgan fingerprint density at radius 2 is 1.84 bits per heavy atom. The standard InChI is InChI=1S/C30H27ClN4O3/c1-3-38-26(36)15-6-19-4-7-20(8-5-19)28(27-24-14-11-22(31)18-25(24)34-30(27)37)33-23-12-9-21(10-13-23)29-32-16-17-35(29)2/h4-5,7-14,16-18,33H,3,6,15H2,1-2H3,(H,34,37). The number of halogens is 1. The molecule has 0 unspecified atom stereocenters. The molecule has 38 heavy (non-hydrogen) atoms. The molecule has 5 rings (SSSR count). The Morgan fingerprint density at radius 1 is 1.08 bits per heavy atom. The molecule has 192 valence electrons. The van der Waals surface area contributed by atoms with E-state index in [4.69, 9.17) is 16.3 Å². The first-order chi connectivity index (χ1) is 18.4. The fourth-order valence-corrected chi connectivity index (χ4v) is 4.65. The van der Waals surface area contributed by atoms with E-state index in [1.807, 2.05) is 72.4 Å². The van der Waals surface area contributed by atoms with Crippen molar-refractivity contribution in [2.75, 3.05) is 17.2 Å². The summed E-state index contributed by atoms with van der Waals surface area (Å²) in [6, 6.07) is 21.2. The number of ether oxygens (including phenoxy) is 1. The van der Waals surface area contributed by atoms with Crippen molar-refractivity contribution in [3.63, 3.8) is 0 Å². The summed E-state index contributed by atoms with van der Waals surface area (Å²) < 4.78 is 7.00. The van der Waals surface area contributed by atoms with Crippen LogP contribution in [0.5, 0.6) is 0 Å². The van der Waals surface area contributed by atoms with Crippen molar-refractivity contribution < 1.29 is 14.3 Å². The molecule has 0 fully saturated rings. The third kappa shape index (κ3) is 5.33. The lowest BCUT2D eigenvalue weighted by Crippen LogP contribution is -2.10. The van der Waals surface area contributed by atoms with Gasteiger partial charge in [0.15, 0.2) is 0 Å². The van der Waals surface area contributed by atoms with E-state index in [2.05, 4.69) is 15.6 Å². The molecule has 8 heteroatoms. The maximum absolute atomic E-state index is 13.2. The monoisotopic (exact) mass is 526 g/mol. The summed E-state index contributed by atoms with van der Waals surface area (Å²) in [6.45, 7) is 2.17. The van der Waals surface area contributed by atoms with E-state index in [0.29, 0.717) is 41.4 Å². The van der Waals surface area contributed by atoms with Gasteiger partial charge in [0.25, 0.3) is 5.91 Å². The largest absolute Gasteiger partial charge is 0.466 e. The number of aryl methyl sites for hydroxylation is 2. The van der Waals surface area contributed by atoms with Gasteiger partial charge in [-0.3, -0.25) is 9.59 Å². The molecule has 7 nitrogen and oxygen atoms in total. The average Bonchev–Trinajstić information content (AvgIpc) is 3.48. The number of fused-ring (bicyclic) bond motifs is 1. The average molecular weight is 527 g/mol. The van der Waals surface area contributed by atoms with E-state index in [0.717, 1.165) is 33.8 Å². The van der Waals surface area contributed by atoms with E-state index >= 15 is 0 Å². The summed E-state index contributed by atoms with van der Waals surface area (Å²) in [7, 11) is 1.95. The number of anilines is 2. The van der Waals surface area contributed by atoms with Gasteiger partial charge in [-0.2, -0.15) is 0 Å². The Labute approximate surface area is 226 Å². The van der Waals surface area contributed by atoms with Crippen LogP contribution in [0.2, 0.25) is 5.02 Å². The van der Waals surface area contributed by atoms with Crippen LogP contribution in [0.3, 0.4) is 0 Å². The van der Waals surface area contributed by atoms with E-state index in [9.17, 15) is 9.59 Å². The zero-order valence-corrected chi connectivity index (χ0v) is 21.9. The molecule has 2 N–H and O–H groups in total. The summed E-state index contributed by atoms with van der Waals surface area (Å²) in [5, 5.41) is 6.96. The minimum Gasteiger partial charge on any atom is -0.466 e. The van der Waals surface area contributed by atoms with Gasteiger partial charge in [-0.15, -0.1) is 0 Å². The molecule has 0 aliphatic carbocycles. The molecule has 1 aliphatic heterocycles. The van der Waals surface area contributed by atoms with Crippen LogP contribution in [0.15, 0.2) is 79.1 Å². The Kier molecular flexibility index (Phi) is 7.29. The van der Waals surface area contributed by atoms with Gasteiger partial charge in [-0.05, 0) is 60.9 Å². The fourth-order valence-electron chi connectivity index (χ4n) is 4.48. The maximum atomic E-state index is 13.2. The van der Waals surface area contributed by atoms with Crippen molar-refractivity contribution in [1.82, 2.24) is 9.55 Å². The highest BCUT2D eigenvalue weighted by atomic mass is 35.5. The highest BCUT2D eigenvalue weighted by Gasteiger charge is 2.28. The van der Waals surface area contributed by atoms with Crippen LogP contribution in [0.4, 0.5) is 11.4 Å². The number of benzene rings is 3. The van der Waals surface area contributed by atoms with Crippen molar-refractivity contribution >= 4 is 46.1 Å². The van der Waals surface area contributed by atoms with Gasteiger partial charge in [0, 0.05) is 47.7 Å². The predicted octanol–water partition coefficient (Wildman–Crippen LogP) is 6.17. The van der Waals surface area contributed by atoms with E-state index in [-0.39, 0.29) is 11.9 Å². The molecule has 1 aromatic heterocycles. The Hall–Kier alpha value is -4.36. The van der Waals surface area contributed by atoms with Crippen LogP contribution >= 0.6 is 11.6 Å². The van der Waals surface area contributed by atoms with Crippen molar-refractivity contribution in [3.8, 4) is 11.4 Å². The highest BCUT2D eigenvalue weighted by molar-refractivity contribution is 6.38. The van der Waals surface area contributed by atoms with E-state index in [1.54, 1.807) is 25.3 Å². The van der Waals surface area contributed by atoms with Gasteiger partial charge in [-0.25, -0.2) is 4.98 Å². The maximum Gasteiger partial charge on any atom is 0.306 e. The van der Waals surface area contributed by atoms with Gasteiger partial charge in [0.2, 0.25) is 0 Å². The number of aromatic nitrogens is 2. The lowest BCUT2D eigenvalue weighted by atomic mass is 9.98. The second-order valence-corrected chi connectivity index (χ2v) is 9.40. The molecule has 2 heterocycles. The third-order valence-corrected chi connectivity index (χ3v) is 6.61. The van der Waals surface area contributed by atoms with Gasteiger partial charge < -0.3 is 19.9 Å². The Morgan fingerprint density at radius 3 is 2.53 bits per heavy atom.